The van der Waals surface area contributed by atoms with E-state index in [0.29, 0.717) is 6.04 Å². The molecule has 1 fully saturated rings. The van der Waals surface area contributed by atoms with Crippen molar-refractivity contribution in [1.82, 2.24) is 4.73 Å². The summed E-state index contributed by atoms with van der Waals surface area (Å²) in [7, 11) is -0.827. The first kappa shape index (κ1) is 12.2. The summed E-state index contributed by atoms with van der Waals surface area (Å²) in [4.78, 5) is 6.08. The van der Waals surface area contributed by atoms with Crippen LogP contribution in [0.2, 0.25) is 13.1 Å². The third-order valence-corrected chi connectivity index (χ3v) is 4.12. The minimum absolute atomic E-state index is 0.0279. The molecule has 0 unspecified atom stereocenters. The maximum absolute atomic E-state index is 6.08. The second-order valence-corrected chi connectivity index (χ2v) is 8.29. The van der Waals surface area contributed by atoms with Crippen molar-refractivity contribution >= 4 is 8.96 Å². The van der Waals surface area contributed by atoms with Gasteiger partial charge < -0.3 is 4.84 Å². The molecule has 0 atom stereocenters. The van der Waals surface area contributed by atoms with Crippen LogP contribution in [0.4, 0.5) is 0 Å². The molecule has 0 amide bonds. The third-order valence-electron chi connectivity index (χ3n) is 2.57. The van der Waals surface area contributed by atoms with Crippen LogP contribution in [-0.4, -0.2) is 25.3 Å². The van der Waals surface area contributed by atoms with Crippen LogP contribution < -0.4 is 0 Å². The molecule has 2 nitrogen and oxygen atoms in total. The zero-order valence-corrected chi connectivity index (χ0v) is 11.5. The molecule has 14 heavy (non-hydrogen) atoms. The Bertz CT molecular complexity index is 171. The van der Waals surface area contributed by atoms with Crippen LogP contribution in [-0.2, 0) is 4.84 Å². The lowest BCUT2D eigenvalue weighted by molar-refractivity contribution is -0.195. The molecule has 84 valence electrons. The van der Waals surface area contributed by atoms with Gasteiger partial charge in [-0.3, -0.25) is 0 Å². The normalized spacial score (nSPS) is 19.9. The fourth-order valence-electron chi connectivity index (χ4n) is 2.08. The lowest BCUT2D eigenvalue weighted by Gasteiger charge is -2.36. The molecule has 1 saturated carbocycles. The number of nitrogens with zero attached hydrogens (tertiary/aromatic N) is 1. The number of hydrogen-bond acceptors (Lipinski definition) is 2. The Morgan fingerprint density at radius 2 is 1.64 bits per heavy atom. The van der Waals surface area contributed by atoms with E-state index in [1.807, 2.05) is 0 Å². The van der Waals surface area contributed by atoms with Gasteiger partial charge in [-0.25, -0.2) is 4.73 Å². The smallest absolute Gasteiger partial charge is 0.139 e. The Labute approximate surface area is 90.3 Å². The Morgan fingerprint density at radius 3 is 2.00 bits per heavy atom. The Hall–Kier alpha value is 0.137. The molecule has 0 radical (unpaired) electrons. The zero-order chi connectivity index (χ0) is 10.8. The van der Waals surface area contributed by atoms with Gasteiger partial charge in [-0.15, -0.1) is 0 Å². The summed E-state index contributed by atoms with van der Waals surface area (Å²) in [6.07, 6.45) is 5.44. The molecule has 0 spiro atoms. The SMILES string of the molecule is C[SiH](C)N(OC(C)(C)C)C1CCCC1. The van der Waals surface area contributed by atoms with Crippen LogP contribution in [0.1, 0.15) is 46.5 Å². The highest BCUT2D eigenvalue weighted by Crippen LogP contribution is 2.26. The standard InChI is InChI=1S/C11H25NOSi/c1-11(2,3)13-12(14(4)5)10-8-6-7-9-10/h10,14H,6-9H2,1-5H3. The molecular weight excluding hydrogens is 190 g/mol. The topological polar surface area (TPSA) is 12.5 Å². The predicted octanol–water partition coefficient (Wildman–Crippen LogP) is 2.94. The number of rotatable bonds is 3. The molecule has 0 aromatic heterocycles. The van der Waals surface area contributed by atoms with E-state index in [4.69, 9.17) is 4.84 Å². The Morgan fingerprint density at radius 1 is 1.14 bits per heavy atom. The minimum Gasteiger partial charge on any atom is -0.301 e. The first-order valence-corrected chi connectivity index (χ1v) is 8.70. The van der Waals surface area contributed by atoms with E-state index < -0.39 is 8.96 Å². The fraction of sp³-hybridized carbons (Fsp3) is 1.00. The molecule has 1 aliphatic carbocycles. The van der Waals surface area contributed by atoms with Crippen LogP contribution >= 0.6 is 0 Å². The quantitative estimate of drug-likeness (QED) is 0.530. The lowest BCUT2D eigenvalue weighted by Crippen LogP contribution is -2.46. The van der Waals surface area contributed by atoms with E-state index in [1.54, 1.807) is 0 Å². The van der Waals surface area contributed by atoms with Crippen LogP contribution in [0.3, 0.4) is 0 Å². The second kappa shape index (κ2) is 4.77. The van der Waals surface area contributed by atoms with Crippen LogP contribution in [0.5, 0.6) is 0 Å². The summed E-state index contributed by atoms with van der Waals surface area (Å²) >= 11 is 0. The van der Waals surface area contributed by atoms with Crippen molar-refractivity contribution in [2.75, 3.05) is 0 Å². The molecule has 0 N–H and O–H groups in total. The molecule has 3 heteroatoms. The molecule has 0 heterocycles. The summed E-state index contributed by atoms with van der Waals surface area (Å²) in [5, 5.41) is 0. The van der Waals surface area contributed by atoms with Crippen molar-refractivity contribution in [3.05, 3.63) is 0 Å². The Kier molecular flexibility index (Phi) is 4.16. The minimum atomic E-state index is -0.827. The molecular formula is C11H25NOSi. The van der Waals surface area contributed by atoms with Crippen molar-refractivity contribution in [2.45, 2.75) is 71.2 Å². The zero-order valence-electron chi connectivity index (χ0n) is 10.3. The van der Waals surface area contributed by atoms with E-state index in [-0.39, 0.29) is 5.60 Å². The molecule has 0 aromatic rings. The van der Waals surface area contributed by atoms with Gasteiger partial charge in [-0.1, -0.05) is 25.9 Å². The molecule has 1 rings (SSSR count). The summed E-state index contributed by atoms with van der Waals surface area (Å²) in [6.45, 7) is 11.1. The molecule has 0 saturated heterocycles. The molecule has 0 bridgehead atoms. The second-order valence-electron chi connectivity index (χ2n) is 5.60. The van der Waals surface area contributed by atoms with Crippen molar-refractivity contribution in [3.63, 3.8) is 0 Å². The average Bonchev–Trinajstić information content (AvgIpc) is 2.49. The largest absolute Gasteiger partial charge is 0.301 e. The van der Waals surface area contributed by atoms with E-state index in [0.717, 1.165) is 0 Å². The summed E-state index contributed by atoms with van der Waals surface area (Å²) in [5.41, 5.74) is -0.0279. The van der Waals surface area contributed by atoms with E-state index in [9.17, 15) is 0 Å². The Balaban J connectivity index is 2.54. The fourth-order valence-corrected chi connectivity index (χ4v) is 3.75. The molecule has 0 aliphatic heterocycles. The first-order valence-electron chi connectivity index (χ1n) is 5.87. The highest BCUT2D eigenvalue weighted by Gasteiger charge is 2.29. The van der Waals surface area contributed by atoms with Gasteiger partial charge in [0.2, 0.25) is 0 Å². The summed E-state index contributed by atoms with van der Waals surface area (Å²) < 4.78 is 2.35. The summed E-state index contributed by atoms with van der Waals surface area (Å²) in [6, 6.07) is 0.709. The lowest BCUT2D eigenvalue weighted by atomic mass is 10.2. The first-order chi connectivity index (χ1) is 6.40. The van der Waals surface area contributed by atoms with Crippen molar-refractivity contribution < 1.29 is 4.84 Å². The van der Waals surface area contributed by atoms with Gasteiger partial charge in [0.05, 0.1) is 5.60 Å². The molecule has 1 aliphatic rings. The van der Waals surface area contributed by atoms with Crippen LogP contribution in [0.25, 0.3) is 0 Å². The highest BCUT2D eigenvalue weighted by atomic mass is 28.3. The predicted molar refractivity (Wildman–Crippen MR) is 63.8 cm³/mol. The molecule has 0 aromatic carbocycles. The van der Waals surface area contributed by atoms with Gasteiger partial charge in [-0.2, -0.15) is 0 Å². The maximum atomic E-state index is 6.08. The van der Waals surface area contributed by atoms with E-state index >= 15 is 0 Å². The highest BCUT2D eigenvalue weighted by molar-refractivity contribution is 6.52. The van der Waals surface area contributed by atoms with Gasteiger partial charge in [0.15, 0.2) is 0 Å². The third kappa shape index (κ3) is 3.71. The monoisotopic (exact) mass is 215 g/mol. The van der Waals surface area contributed by atoms with Crippen LogP contribution in [0.15, 0.2) is 0 Å². The number of hydrogen-bond donors (Lipinski definition) is 0. The summed E-state index contributed by atoms with van der Waals surface area (Å²) in [5.74, 6) is 0. The van der Waals surface area contributed by atoms with Crippen molar-refractivity contribution in [2.24, 2.45) is 0 Å². The van der Waals surface area contributed by atoms with Crippen molar-refractivity contribution in [3.8, 4) is 0 Å². The van der Waals surface area contributed by atoms with Gasteiger partial charge in [0, 0.05) is 6.04 Å². The van der Waals surface area contributed by atoms with Gasteiger partial charge in [0.1, 0.15) is 8.96 Å². The van der Waals surface area contributed by atoms with E-state index in [1.165, 1.54) is 25.7 Å². The van der Waals surface area contributed by atoms with Crippen LogP contribution in [0, 0.1) is 0 Å². The maximum Gasteiger partial charge on any atom is 0.139 e. The average molecular weight is 215 g/mol. The van der Waals surface area contributed by atoms with Gasteiger partial charge in [-0.05, 0) is 33.6 Å². The number of hydroxylamine groups is 1. The van der Waals surface area contributed by atoms with E-state index in [2.05, 4.69) is 38.6 Å². The van der Waals surface area contributed by atoms with Crippen molar-refractivity contribution in [1.29, 1.82) is 0 Å². The van der Waals surface area contributed by atoms with Gasteiger partial charge >= 0.3 is 0 Å². The van der Waals surface area contributed by atoms with Gasteiger partial charge in [0.25, 0.3) is 0 Å².